The number of benzene rings is 1. The third kappa shape index (κ3) is 3.17. The number of rotatable bonds is 6. The number of hydrogen-bond donors (Lipinski definition) is 2. The van der Waals surface area contributed by atoms with Crippen LogP contribution in [0.25, 0.3) is 0 Å². The van der Waals surface area contributed by atoms with Gasteiger partial charge in [0.05, 0.1) is 11.5 Å². The van der Waals surface area contributed by atoms with E-state index in [9.17, 15) is 13.5 Å². The molecule has 4 nitrogen and oxygen atoms in total. The second-order valence-corrected chi connectivity index (χ2v) is 7.70. The van der Waals surface area contributed by atoms with Crippen LogP contribution in [0.5, 0.6) is 0 Å². The van der Waals surface area contributed by atoms with Crippen molar-refractivity contribution in [2.75, 3.05) is 6.54 Å². The first kappa shape index (κ1) is 15.8. The molecule has 20 heavy (non-hydrogen) atoms. The molecule has 0 unspecified atom stereocenters. The van der Waals surface area contributed by atoms with Crippen molar-refractivity contribution in [3.63, 3.8) is 0 Å². The molecule has 0 heterocycles. The Bertz CT molecular complexity index is 609. The molecule has 0 amide bonds. The highest BCUT2D eigenvalue weighted by atomic mass is 35.5. The van der Waals surface area contributed by atoms with Crippen LogP contribution in [0, 0.1) is 12.3 Å². The van der Waals surface area contributed by atoms with Crippen LogP contribution in [0.15, 0.2) is 17.0 Å². The van der Waals surface area contributed by atoms with Crippen LogP contribution in [0.3, 0.4) is 0 Å². The first-order valence-electron chi connectivity index (χ1n) is 6.73. The number of sulfonamides is 1. The van der Waals surface area contributed by atoms with Gasteiger partial charge in [-0.2, -0.15) is 0 Å². The number of aliphatic hydroxyl groups is 1. The van der Waals surface area contributed by atoms with Crippen molar-refractivity contribution in [3.05, 3.63) is 28.3 Å². The molecule has 0 saturated heterocycles. The SMILES string of the molecule is CCC1(CNS(=O)(=O)c2cc(Cl)cc(CO)c2C)CC1. The van der Waals surface area contributed by atoms with Crippen molar-refractivity contribution in [2.45, 2.75) is 44.6 Å². The van der Waals surface area contributed by atoms with Gasteiger partial charge in [0, 0.05) is 11.6 Å². The van der Waals surface area contributed by atoms with Gasteiger partial charge in [0.2, 0.25) is 10.0 Å². The zero-order chi connectivity index (χ0) is 15.0. The van der Waals surface area contributed by atoms with E-state index in [0.29, 0.717) is 22.7 Å². The molecule has 1 aliphatic carbocycles. The average Bonchev–Trinajstić information content (AvgIpc) is 3.19. The van der Waals surface area contributed by atoms with Gasteiger partial charge in [-0.15, -0.1) is 0 Å². The zero-order valence-corrected chi connectivity index (χ0v) is 13.3. The summed E-state index contributed by atoms with van der Waals surface area (Å²) in [6, 6.07) is 3.02. The van der Waals surface area contributed by atoms with Gasteiger partial charge >= 0.3 is 0 Å². The number of aliphatic hydroxyl groups excluding tert-OH is 1. The van der Waals surface area contributed by atoms with E-state index in [1.807, 2.05) is 0 Å². The van der Waals surface area contributed by atoms with Gasteiger partial charge in [0.25, 0.3) is 0 Å². The third-order valence-corrected chi connectivity index (χ3v) is 5.98. The van der Waals surface area contributed by atoms with Crippen LogP contribution in [0.4, 0.5) is 0 Å². The first-order chi connectivity index (χ1) is 9.33. The molecular formula is C14H20ClNO3S. The lowest BCUT2D eigenvalue weighted by Crippen LogP contribution is -2.30. The summed E-state index contributed by atoms with van der Waals surface area (Å²) in [5, 5.41) is 9.58. The summed E-state index contributed by atoms with van der Waals surface area (Å²) >= 11 is 5.93. The Hall–Kier alpha value is -0.620. The monoisotopic (exact) mass is 317 g/mol. The molecule has 1 saturated carbocycles. The quantitative estimate of drug-likeness (QED) is 0.847. The maximum Gasteiger partial charge on any atom is 0.240 e. The van der Waals surface area contributed by atoms with Crippen molar-refractivity contribution in [1.29, 1.82) is 0 Å². The molecule has 0 aliphatic heterocycles. The Morgan fingerprint density at radius 3 is 2.55 bits per heavy atom. The van der Waals surface area contributed by atoms with E-state index in [1.54, 1.807) is 13.0 Å². The van der Waals surface area contributed by atoms with Crippen molar-refractivity contribution in [3.8, 4) is 0 Å². The maximum absolute atomic E-state index is 12.4. The molecule has 112 valence electrons. The predicted octanol–water partition coefficient (Wildman–Crippen LogP) is 2.61. The molecule has 0 spiro atoms. The maximum atomic E-state index is 12.4. The lowest BCUT2D eigenvalue weighted by atomic mass is 10.1. The molecule has 2 N–H and O–H groups in total. The highest BCUT2D eigenvalue weighted by Gasteiger charge is 2.41. The van der Waals surface area contributed by atoms with E-state index in [1.165, 1.54) is 6.07 Å². The minimum Gasteiger partial charge on any atom is -0.392 e. The Morgan fingerprint density at radius 2 is 2.05 bits per heavy atom. The fourth-order valence-corrected chi connectivity index (χ4v) is 4.08. The van der Waals surface area contributed by atoms with Gasteiger partial charge < -0.3 is 5.11 Å². The molecule has 2 rings (SSSR count). The number of hydrogen-bond acceptors (Lipinski definition) is 3. The lowest BCUT2D eigenvalue weighted by Gasteiger charge is -2.16. The van der Waals surface area contributed by atoms with E-state index in [-0.39, 0.29) is 16.9 Å². The van der Waals surface area contributed by atoms with E-state index in [0.717, 1.165) is 19.3 Å². The Balaban J connectivity index is 2.27. The van der Waals surface area contributed by atoms with Crippen LogP contribution >= 0.6 is 11.6 Å². The summed E-state index contributed by atoms with van der Waals surface area (Å²) in [7, 11) is -3.59. The van der Waals surface area contributed by atoms with Crippen molar-refractivity contribution >= 4 is 21.6 Å². The van der Waals surface area contributed by atoms with Gasteiger partial charge in [0.1, 0.15) is 0 Å². The summed E-state index contributed by atoms with van der Waals surface area (Å²) in [5.74, 6) is 0. The van der Waals surface area contributed by atoms with Crippen LogP contribution in [-0.4, -0.2) is 20.1 Å². The highest BCUT2D eigenvalue weighted by molar-refractivity contribution is 7.89. The van der Waals surface area contributed by atoms with E-state index in [2.05, 4.69) is 11.6 Å². The van der Waals surface area contributed by atoms with Gasteiger partial charge in [0.15, 0.2) is 0 Å². The van der Waals surface area contributed by atoms with E-state index < -0.39 is 10.0 Å². The number of nitrogens with one attached hydrogen (secondary N) is 1. The first-order valence-corrected chi connectivity index (χ1v) is 8.59. The highest BCUT2D eigenvalue weighted by Crippen LogP contribution is 2.48. The molecule has 1 aromatic rings. The summed E-state index contributed by atoms with van der Waals surface area (Å²) in [4.78, 5) is 0.154. The van der Waals surface area contributed by atoms with Crippen molar-refractivity contribution in [1.82, 2.24) is 4.72 Å². The Morgan fingerprint density at radius 1 is 1.40 bits per heavy atom. The van der Waals surface area contributed by atoms with Crippen molar-refractivity contribution in [2.24, 2.45) is 5.41 Å². The lowest BCUT2D eigenvalue weighted by molar-refractivity contribution is 0.280. The molecule has 0 atom stereocenters. The minimum absolute atomic E-state index is 0.138. The fraction of sp³-hybridized carbons (Fsp3) is 0.571. The molecule has 6 heteroatoms. The molecular weight excluding hydrogens is 298 g/mol. The molecule has 0 bridgehead atoms. The normalized spacial score (nSPS) is 17.2. The number of halogens is 1. The van der Waals surface area contributed by atoms with Crippen LogP contribution < -0.4 is 4.72 Å². The third-order valence-electron chi connectivity index (χ3n) is 4.24. The molecule has 0 radical (unpaired) electrons. The van der Waals surface area contributed by atoms with Crippen LogP contribution in [0.1, 0.15) is 37.3 Å². The van der Waals surface area contributed by atoms with Gasteiger partial charge in [-0.05, 0) is 54.9 Å². The standard InChI is InChI=1S/C14H20ClNO3S/c1-3-14(4-5-14)9-16-20(18,19)13-7-12(15)6-11(8-17)10(13)2/h6-7,16-17H,3-5,8-9H2,1-2H3. The largest absolute Gasteiger partial charge is 0.392 e. The smallest absolute Gasteiger partial charge is 0.240 e. The summed E-state index contributed by atoms with van der Waals surface area (Å²) in [6.45, 7) is 4.00. The van der Waals surface area contributed by atoms with E-state index >= 15 is 0 Å². The van der Waals surface area contributed by atoms with E-state index in [4.69, 9.17) is 11.6 Å². The summed E-state index contributed by atoms with van der Waals surface area (Å²) in [5.41, 5.74) is 1.22. The van der Waals surface area contributed by atoms with Gasteiger partial charge in [-0.3, -0.25) is 0 Å². The summed E-state index contributed by atoms with van der Waals surface area (Å²) < 4.78 is 27.5. The minimum atomic E-state index is -3.59. The summed E-state index contributed by atoms with van der Waals surface area (Å²) in [6.07, 6.45) is 3.12. The fourth-order valence-electron chi connectivity index (χ4n) is 2.31. The predicted molar refractivity (Wildman–Crippen MR) is 79.3 cm³/mol. The topological polar surface area (TPSA) is 66.4 Å². The van der Waals surface area contributed by atoms with Gasteiger partial charge in [-0.25, -0.2) is 13.1 Å². The Labute approximate surface area is 125 Å². The van der Waals surface area contributed by atoms with Crippen molar-refractivity contribution < 1.29 is 13.5 Å². The second kappa shape index (κ2) is 5.64. The average molecular weight is 318 g/mol. The van der Waals surface area contributed by atoms with Crippen LogP contribution in [-0.2, 0) is 16.6 Å². The molecule has 1 aliphatic rings. The van der Waals surface area contributed by atoms with Crippen LogP contribution in [0.2, 0.25) is 5.02 Å². The molecule has 1 aromatic carbocycles. The molecule has 1 fully saturated rings. The zero-order valence-electron chi connectivity index (χ0n) is 11.7. The second-order valence-electron chi connectivity index (χ2n) is 5.52. The Kier molecular flexibility index (Phi) is 4.44. The molecule has 0 aromatic heterocycles. The van der Waals surface area contributed by atoms with Gasteiger partial charge in [-0.1, -0.05) is 18.5 Å².